The average Bonchev–Trinajstić information content (AvgIpc) is 2.12. The van der Waals surface area contributed by atoms with Crippen LogP contribution in [0.4, 0.5) is 5.69 Å². The Morgan fingerprint density at radius 2 is 2.23 bits per heavy atom. The summed E-state index contributed by atoms with van der Waals surface area (Å²) < 4.78 is 0. The van der Waals surface area contributed by atoms with E-state index in [1.807, 2.05) is 12.2 Å². The molecule has 0 aliphatic heterocycles. The standard InChI is InChI=1S/C10H12ClNO/c11-6-2-1-3-8-4-5-10(13)9(12)7-8/h1,3-5,7,13H,2,6,12H2. The summed E-state index contributed by atoms with van der Waals surface area (Å²) in [6.45, 7) is 0. The second-order valence-corrected chi connectivity index (χ2v) is 3.08. The Bertz CT molecular complexity index is 310. The predicted molar refractivity (Wildman–Crippen MR) is 56.9 cm³/mol. The minimum atomic E-state index is 0.120. The summed E-state index contributed by atoms with van der Waals surface area (Å²) >= 11 is 5.51. The van der Waals surface area contributed by atoms with Crippen molar-refractivity contribution in [1.29, 1.82) is 0 Å². The number of phenolic OH excluding ortho intramolecular Hbond substituents is 1. The van der Waals surface area contributed by atoms with Crippen LogP contribution >= 0.6 is 11.6 Å². The molecule has 0 fully saturated rings. The van der Waals surface area contributed by atoms with Crippen LogP contribution in [0.25, 0.3) is 6.08 Å². The topological polar surface area (TPSA) is 46.2 Å². The number of nitrogens with two attached hydrogens (primary N) is 1. The lowest BCUT2D eigenvalue weighted by molar-refractivity contribution is 0.478. The van der Waals surface area contributed by atoms with Crippen molar-refractivity contribution in [2.45, 2.75) is 6.42 Å². The number of allylic oxidation sites excluding steroid dienone is 1. The van der Waals surface area contributed by atoms with Crippen LogP contribution in [0.2, 0.25) is 0 Å². The first-order valence-electron chi connectivity index (χ1n) is 4.05. The first kappa shape index (κ1) is 9.93. The van der Waals surface area contributed by atoms with E-state index in [-0.39, 0.29) is 5.75 Å². The van der Waals surface area contributed by atoms with E-state index >= 15 is 0 Å². The highest BCUT2D eigenvalue weighted by Gasteiger charge is 1.94. The molecule has 1 rings (SSSR count). The Hall–Kier alpha value is -1.15. The van der Waals surface area contributed by atoms with Gasteiger partial charge in [0.15, 0.2) is 0 Å². The summed E-state index contributed by atoms with van der Waals surface area (Å²) in [6, 6.07) is 5.10. The van der Waals surface area contributed by atoms with Gasteiger partial charge < -0.3 is 10.8 Å². The highest BCUT2D eigenvalue weighted by atomic mass is 35.5. The third-order valence-electron chi connectivity index (χ3n) is 1.64. The number of benzene rings is 1. The van der Waals surface area contributed by atoms with Crippen LogP contribution in [0.3, 0.4) is 0 Å². The summed E-state index contributed by atoms with van der Waals surface area (Å²) in [5.74, 6) is 0.735. The summed E-state index contributed by atoms with van der Waals surface area (Å²) in [5.41, 5.74) is 6.88. The van der Waals surface area contributed by atoms with Gasteiger partial charge in [0.1, 0.15) is 5.75 Å². The van der Waals surface area contributed by atoms with Crippen LogP contribution in [-0.2, 0) is 0 Å². The van der Waals surface area contributed by atoms with Gasteiger partial charge in [-0.3, -0.25) is 0 Å². The maximum absolute atomic E-state index is 9.15. The molecule has 70 valence electrons. The molecule has 0 saturated heterocycles. The van der Waals surface area contributed by atoms with Crippen molar-refractivity contribution < 1.29 is 5.11 Å². The molecule has 3 N–H and O–H groups in total. The molecule has 0 aliphatic rings. The van der Waals surface area contributed by atoms with Crippen LogP contribution in [0.15, 0.2) is 24.3 Å². The summed E-state index contributed by atoms with van der Waals surface area (Å²) in [6.07, 6.45) is 4.74. The van der Waals surface area contributed by atoms with Crippen molar-refractivity contribution in [3.05, 3.63) is 29.8 Å². The fraction of sp³-hybridized carbons (Fsp3) is 0.200. The van der Waals surface area contributed by atoms with Crippen molar-refractivity contribution in [2.24, 2.45) is 0 Å². The SMILES string of the molecule is Nc1cc(C=CCCCl)ccc1O. The van der Waals surface area contributed by atoms with Crippen LogP contribution < -0.4 is 5.73 Å². The molecule has 2 nitrogen and oxygen atoms in total. The predicted octanol–water partition coefficient (Wildman–Crippen LogP) is 2.62. The smallest absolute Gasteiger partial charge is 0.138 e. The molecule has 1 aromatic carbocycles. The second-order valence-electron chi connectivity index (χ2n) is 2.70. The van der Waals surface area contributed by atoms with Gasteiger partial charge in [0.05, 0.1) is 5.69 Å². The second kappa shape index (κ2) is 4.77. The largest absolute Gasteiger partial charge is 0.506 e. The highest BCUT2D eigenvalue weighted by Crippen LogP contribution is 2.20. The lowest BCUT2D eigenvalue weighted by Crippen LogP contribution is -1.85. The van der Waals surface area contributed by atoms with E-state index in [1.54, 1.807) is 18.2 Å². The number of hydrogen-bond acceptors (Lipinski definition) is 2. The Balaban J connectivity index is 2.73. The van der Waals surface area contributed by atoms with Gasteiger partial charge >= 0.3 is 0 Å². The number of anilines is 1. The van der Waals surface area contributed by atoms with E-state index in [2.05, 4.69) is 0 Å². The molecule has 0 bridgehead atoms. The van der Waals surface area contributed by atoms with E-state index < -0.39 is 0 Å². The lowest BCUT2D eigenvalue weighted by Gasteiger charge is -1.99. The van der Waals surface area contributed by atoms with Crippen molar-refractivity contribution in [3.63, 3.8) is 0 Å². The van der Waals surface area contributed by atoms with Crippen molar-refractivity contribution in [2.75, 3.05) is 11.6 Å². The Kier molecular flexibility index (Phi) is 3.65. The Morgan fingerprint density at radius 1 is 1.46 bits per heavy atom. The quantitative estimate of drug-likeness (QED) is 0.445. The molecular formula is C10H12ClNO. The zero-order chi connectivity index (χ0) is 9.68. The van der Waals surface area contributed by atoms with Gasteiger partial charge in [-0.2, -0.15) is 0 Å². The fourth-order valence-corrected chi connectivity index (χ4v) is 1.09. The number of alkyl halides is 1. The van der Waals surface area contributed by atoms with Gasteiger partial charge in [0, 0.05) is 5.88 Å². The molecule has 0 heterocycles. The zero-order valence-electron chi connectivity index (χ0n) is 7.20. The summed E-state index contributed by atoms with van der Waals surface area (Å²) in [5, 5.41) is 9.15. The van der Waals surface area contributed by atoms with Gasteiger partial charge in [-0.25, -0.2) is 0 Å². The molecule has 0 atom stereocenters. The van der Waals surface area contributed by atoms with E-state index in [1.165, 1.54) is 0 Å². The van der Waals surface area contributed by atoms with Gasteiger partial charge in [0.25, 0.3) is 0 Å². The third-order valence-corrected chi connectivity index (χ3v) is 1.86. The fourth-order valence-electron chi connectivity index (χ4n) is 0.959. The molecule has 0 amide bonds. The molecule has 0 radical (unpaired) electrons. The molecule has 0 unspecified atom stereocenters. The molecule has 0 spiro atoms. The molecule has 13 heavy (non-hydrogen) atoms. The molecule has 0 saturated carbocycles. The Labute approximate surface area is 82.6 Å². The van der Waals surface area contributed by atoms with Gasteiger partial charge in [0.2, 0.25) is 0 Å². The van der Waals surface area contributed by atoms with Crippen LogP contribution in [0, 0.1) is 0 Å². The molecule has 3 heteroatoms. The van der Waals surface area contributed by atoms with E-state index in [4.69, 9.17) is 22.4 Å². The van der Waals surface area contributed by atoms with Crippen molar-refractivity contribution >= 4 is 23.4 Å². The third kappa shape index (κ3) is 2.99. The molecule has 0 aromatic heterocycles. The first-order valence-corrected chi connectivity index (χ1v) is 4.58. The van der Waals surface area contributed by atoms with E-state index in [0.29, 0.717) is 11.6 Å². The summed E-state index contributed by atoms with van der Waals surface area (Å²) in [4.78, 5) is 0. The monoisotopic (exact) mass is 197 g/mol. The maximum atomic E-state index is 9.15. The van der Waals surface area contributed by atoms with Crippen LogP contribution in [0.5, 0.6) is 5.75 Å². The van der Waals surface area contributed by atoms with Gasteiger partial charge in [-0.15, -0.1) is 11.6 Å². The molecular weight excluding hydrogens is 186 g/mol. The number of aromatic hydroxyl groups is 1. The van der Waals surface area contributed by atoms with Gasteiger partial charge in [-0.1, -0.05) is 18.2 Å². The first-order chi connectivity index (χ1) is 6.24. The minimum absolute atomic E-state index is 0.120. The summed E-state index contributed by atoms with van der Waals surface area (Å²) in [7, 11) is 0. The normalized spacial score (nSPS) is 10.8. The maximum Gasteiger partial charge on any atom is 0.138 e. The Morgan fingerprint density at radius 3 is 2.85 bits per heavy atom. The number of phenols is 1. The molecule has 0 aliphatic carbocycles. The van der Waals surface area contributed by atoms with Crippen LogP contribution in [0.1, 0.15) is 12.0 Å². The van der Waals surface area contributed by atoms with Gasteiger partial charge in [-0.05, 0) is 24.1 Å². The van der Waals surface area contributed by atoms with Crippen LogP contribution in [-0.4, -0.2) is 11.0 Å². The molecule has 1 aromatic rings. The average molecular weight is 198 g/mol. The van der Waals surface area contributed by atoms with E-state index in [0.717, 1.165) is 12.0 Å². The zero-order valence-corrected chi connectivity index (χ0v) is 7.96. The van der Waals surface area contributed by atoms with Crippen molar-refractivity contribution in [1.82, 2.24) is 0 Å². The minimum Gasteiger partial charge on any atom is -0.506 e. The number of hydrogen-bond donors (Lipinski definition) is 2. The number of rotatable bonds is 3. The lowest BCUT2D eigenvalue weighted by atomic mass is 10.1. The van der Waals surface area contributed by atoms with Crippen molar-refractivity contribution in [3.8, 4) is 5.75 Å². The number of nitrogen functional groups attached to an aromatic ring is 1. The number of halogens is 1. The highest BCUT2D eigenvalue weighted by molar-refractivity contribution is 6.17. The van der Waals surface area contributed by atoms with E-state index in [9.17, 15) is 0 Å².